The van der Waals surface area contributed by atoms with Crippen LogP contribution >= 0.6 is 0 Å². The molecular formula is C17H23NO2. The minimum Gasteiger partial charge on any atom is -0.478 e. The molecule has 1 aromatic rings. The third kappa shape index (κ3) is 4.72. The van der Waals surface area contributed by atoms with Crippen LogP contribution in [0.4, 0.5) is 5.69 Å². The summed E-state index contributed by atoms with van der Waals surface area (Å²) in [6.07, 6.45) is 13.2. The van der Waals surface area contributed by atoms with Gasteiger partial charge in [-0.15, -0.1) is 0 Å². The summed E-state index contributed by atoms with van der Waals surface area (Å²) < 4.78 is 0. The number of nitrogens with one attached hydrogen (secondary N) is 1. The highest BCUT2D eigenvalue weighted by Crippen LogP contribution is 2.18. The summed E-state index contributed by atoms with van der Waals surface area (Å²) in [6.45, 7) is 0. The third-order valence-corrected chi connectivity index (χ3v) is 3.76. The molecule has 0 bridgehead atoms. The predicted molar refractivity (Wildman–Crippen MR) is 82.3 cm³/mol. The molecule has 0 radical (unpaired) electrons. The van der Waals surface area contributed by atoms with Crippen molar-refractivity contribution in [3.8, 4) is 0 Å². The van der Waals surface area contributed by atoms with Gasteiger partial charge in [0.05, 0.1) is 5.56 Å². The number of anilines is 1. The Balaban J connectivity index is 1.95. The minimum atomic E-state index is -0.877. The molecule has 3 heteroatoms. The van der Waals surface area contributed by atoms with Crippen molar-refractivity contribution >= 4 is 11.7 Å². The fraction of sp³-hybridized carbons (Fsp3) is 0.471. The minimum absolute atomic E-state index is 0.335. The van der Waals surface area contributed by atoms with E-state index in [9.17, 15) is 4.79 Å². The topological polar surface area (TPSA) is 49.3 Å². The van der Waals surface area contributed by atoms with Gasteiger partial charge in [-0.1, -0.05) is 31.4 Å². The standard InChI is InChI=1S/C17H23NO2/c19-17(20)14-10-12-16(13-11-14)18-15-8-6-4-2-1-3-5-7-9-15/h4,6,10-13,15,18H,1-3,5,7-9H2,(H,19,20)/b6-4-. The highest BCUT2D eigenvalue weighted by molar-refractivity contribution is 5.87. The highest BCUT2D eigenvalue weighted by atomic mass is 16.4. The molecule has 1 aromatic carbocycles. The number of hydrogen-bond acceptors (Lipinski definition) is 2. The maximum atomic E-state index is 10.8. The largest absolute Gasteiger partial charge is 0.478 e. The Morgan fingerprint density at radius 1 is 1.05 bits per heavy atom. The normalized spacial score (nSPS) is 21.9. The van der Waals surface area contributed by atoms with Crippen molar-refractivity contribution in [2.45, 2.75) is 51.0 Å². The lowest BCUT2D eigenvalue weighted by Gasteiger charge is -2.19. The van der Waals surface area contributed by atoms with E-state index in [1.807, 2.05) is 12.1 Å². The molecule has 0 aliphatic heterocycles. The Morgan fingerprint density at radius 2 is 1.80 bits per heavy atom. The Hall–Kier alpha value is -1.77. The molecule has 0 aromatic heterocycles. The zero-order valence-electron chi connectivity index (χ0n) is 11.8. The maximum absolute atomic E-state index is 10.8. The quantitative estimate of drug-likeness (QED) is 0.799. The molecule has 0 spiro atoms. The van der Waals surface area contributed by atoms with Crippen molar-refractivity contribution in [1.29, 1.82) is 0 Å². The van der Waals surface area contributed by atoms with Gasteiger partial charge in [-0.05, 0) is 49.9 Å². The Kier molecular flexibility index (Phi) is 5.66. The second-order valence-corrected chi connectivity index (χ2v) is 5.42. The molecular weight excluding hydrogens is 250 g/mol. The monoisotopic (exact) mass is 273 g/mol. The summed E-state index contributed by atoms with van der Waals surface area (Å²) in [6, 6.07) is 7.46. The Morgan fingerprint density at radius 3 is 2.55 bits per heavy atom. The lowest BCUT2D eigenvalue weighted by atomic mass is 10.0. The van der Waals surface area contributed by atoms with Crippen molar-refractivity contribution in [3.63, 3.8) is 0 Å². The number of carboxylic acid groups (broad SMARTS) is 1. The van der Waals surface area contributed by atoms with E-state index >= 15 is 0 Å². The van der Waals surface area contributed by atoms with Crippen LogP contribution in [0.3, 0.4) is 0 Å². The van der Waals surface area contributed by atoms with Crippen molar-refractivity contribution in [2.24, 2.45) is 0 Å². The second-order valence-electron chi connectivity index (χ2n) is 5.42. The van der Waals surface area contributed by atoms with Gasteiger partial charge in [0, 0.05) is 11.7 Å². The molecule has 20 heavy (non-hydrogen) atoms. The van der Waals surface area contributed by atoms with Crippen LogP contribution < -0.4 is 5.32 Å². The van der Waals surface area contributed by atoms with Gasteiger partial charge in [0.2, 0.25) is 0 Å². The molecule has 1 unspecified atom stereocenters. The number of benzene rings is 1. The first-order valence-electron chi connectivity index (χ1n) is 7.50. The molecule has 2 N–H and O–H groups in total. The Labute approximate surface area is 120 Å². The van der Waals surface area contributed by atoms with E-state index in [4.69, 9.17) is 5.11 Å². The van der Waals surface area contributed by atoms with Crippen molar-refractivity contribution < 1.29 is 9.90 Å². The van der Waals surface area contributed by atoms with Crippen LogP contribution in [-0.2, 0) is 0 Å². The van der Waals surface area contributed by atoms with Crippen LogP contribution in [0.5, 0.6) is 0 Å². The summed E-state index contributed by atoms with van der Waals surface area (Å²) in [4.78, 5) is 10.8. The summed E-state index contributed by atoms with van der Waals surface area (Å²) in [5, 5.41) is 12.4. The molecule has 0 saturated carbocycles. The molecule has 3 nitrogen and oxygen atoms in total. The summed E-state index contributed by atoms with van der Waals surface area (Å²) in [5.74, 6) is -0.877. The molecule has 108 valence electrons. The number of allylic oxidation sites excluding steroid dienone is 1. The molecule has 1 atom stereocenters. The highest BCUT2D eigenvalue weighted by Gasteiger charge is 2.08. The lowest BCUT2D eigenvalue weighted by Crippen LogP contribution is -2.19. The van der Waals surface area contributed by atoms with Crippen LogP contribution in [0.15, 0.2) is 36.4 Å². The fourth-order valence-corrected chi connectivity index (χ4v) is 2.58. The van der Waals surface area contributed by atoms with Crippen LogP contribution in [0.2, 0.25) is 0 Å². The van der Waals surface area contributed by atoms with Crippen LogP contribution in [-0.4, -0.2) is 17.1 Å². The first-order chi connectivity index (χ1) is 9.75. The van der Waals surface area contributed by atoms with Crippen molar-refractivity contribution in [2.75, 3.05) is 5.32 Å². The van der Waals surface area contributed by atoms with Gasteiger partial charge in [-0.2, -0.15) is 0 Å². The third-order valence-electron chi connectivity index (χ3n) is 3.76. The van der Waals surface area contributed by atoms with E-state index in [1.165, 1.54) is 38.5 Å². The van der Waals surface area contributed by atoms with E-state index < -0.39 is 5.97 Å². The Bertz CT molecular complexity index is 451. The maximum Gasteiger partial charge on any atom is 0.335 e. The predicted octanol–water partition coefficient (Wildman–Crippen LogP) is 4.47. The number of carboxylic acids is 1. The van der Waals surface area contributed by atoms with Gasteiger partial charge in [0.25, 0.3) is 0 Å². The zero-order chi connectivity index (χ0) is 14.2. The van der Waals surface area contributed by atoms with Gasteiger partial charge in [-0.3, -0.25) is 0 Å². The molecule has 0 fully saturated rings. The molecule has 2 rings (SSSR count). The van der Waals surface area contributed by atoms with Crippen molar-refractivity contribution in [3.05, 3.63) is 42.0 Å². The molecule has 1 aliphatic carbocycles. The molecule has 0 amide bonds. The smallest absolute Gasteiger partial charge is 0.335 e. The average Bonchev–Trinajstić information content (AvgIpc) is 2.46. The number of rotatable bonds is 3. The lowest BCUT2D eigenvalue weighted by molar-refractivity contribution is 0.0697. The van der Waals surface area contributed by atoms with E-state index in [0.717, 1.165) is 12.1 Å². The molecule has 1 aliphatic rings. The first kappa shape index (κ1) is 14.6. The van der Waals surface area contributed by atoms with Gasteiger partial charge in [0.1, 0.15) is 0 Å². The number of hydrogen-bond donors (Lipinski definition) is 2. The first-order valence-corrected chi connectivity index (χ1v) is 7.50. The van der Waals surface area contributed by atoms with Gasteiger partial charge >= 0.3 is 5.97 Å². The van der Waals surface area contributed by atoms with Crippen molar-refractivity contribution in [1.82, 2.24) is 0 Å². The molecule has 0 heterocycles. The van der Waals surface area contributed by atoms with Crippen LogP contribution in [0, 0.1) is 0 Å². The van der Waals surface area contributed by atoms with E-state index in [-0.39, 0.29) is 0 Å². The summed E-state index contributed by atoms with van der Waals surface area (Å²) in [7, 11) is 0. The van der Waals surface area contributed by atoms with E-state index in [0.29, 0.717) is 11.6 Å². The second kappa shape index (κ2) is 7.73. The van der Waals surface area contributed by atoms with Gasteiger partial charge in [0.15, 0.2) is 0 Å². The molecule has 0 saturated heterocycles. The van der Waals surface area contributed by atoms with Gasteiger partial charge < -0.3 is 10.4 Å². The fourth-order valence-electron chi connectivity index (χ4n) is 2.58. The van der Waals surface area contributed by atoms with E-state index in [2.05, 4.69) is 17.5 Å². The summed E-state index contributed by atoms with van der Waals surface area (Å²) in [5.41, 5.74) is 1.34. The number of aromatic carboxylic acids is 1. The van der Waals surface area contributed by atoms with E-state index in [1.54, 1.807) is 12.1 Å². The SMILES string of the molecule is O=C(O)c1ccc(NC2C/C=C\CCCCCC2)cc1. The average molecular weight is 273 g/mol. The summed E-state index contributed by atoms with van der Waals surface area (Å²) >= 11 is 0. The zero-order valence-corrected chi connectivity index (χ0v) is 11.8. The van der Waals surface area contributed by atoms with Crippen LogP contribution in [0.25, 0.3) is 0 Å². The number of carbonyl (C=O) groups is 1. The van der Waals surface area contributed by atoms with Gasteiger partial charge in [-0.25, -0.2) is 4.79 Å². The van der Waals surface area contributed by atoms with Crippen LogP contribution in [0.1, 0.15) is 55.3 Å².